The molecule has 0 saturated heterocycles. The van der Waals surface area contributed by atoms with Crippen LogP contribution >= 0.6 is 0 Å². The molecule has 1 aromatic heterocycles. The summed E-state index contributed by atoms with van der Waals surface area (Å²) in [6.07, 6.45) is 0. The van der Waals surface area contributed by atoms with Crippen LogP contribution in [0.15, 0.2) is 29.1 Å². The molecular formula is C12H10F3NO5S. The van der Waals surface area contributed by atoms with Gasteiger partial charge in [0, 0.05) is 24.6 Å². The number of methoxy groups -OCH3 is 1. The summed E-state index contributed by atoms with van der Waals surface area (Å²) in [6, 6.07) is 4.76. The maximum atomic E-state index is 12.4. The van der Waals surface area contributed by atoms with E-state index in [0.717, 1.165) is 4.57 Å². The highest BCUT2D eigenvalue weighted by Gasteiger charge is 2.48. The number of alkyl halides is 3. The first kappa shape index (κ1) is 16.1. The van der Waals surface area contributed by atoms with E-state index in [1.807, 2.05) is 0 Å². The van der Waals surface area contributed by atoms with Crippen LogP contribution in [0.1, 0.15) is 0 Å². The molecule has 1 heterocycles. The Morgan fingerprint density at radius 2 is 1.82 bits per heavy atom. The highest BCUT2D eigenvalue weighted by Crippen LogP contribution is 2.31. The number of pyridine rings is 1. The zero-order valence-electron chi connectivity index (χ0n) is 11.3. The zero-order valence-corrected chi connectivity index (χ0v) is 12.2. The van der Waals surface area contributed by atoms with Gasteiger partial charge in [-0.15, -0.1) is 0 Å². The number of hydrogen-bond donors (Lipinski definition) is 0. The molecule has 0 aliphatic carbocycles. The van der Waals surface area contributed by atoms with E-state index < -0.39 is 26.9 Å². The molecule has 0 aliphatic rings. The van der Waals surface area contributed by atoms with Crippen molar-refractivity contribution in [2.45, 2.75) is 5.51 Å². The normalized spacial score (nSPS) is 12.4. The average molecular weight is 337 g/mol. The van der Waals surface area contributed by atoms with Crippen molar-refractivity contribution < 1.29 is 30.5 Å². The minimum Gasteiger partial charge on any atom is -0.497 e. The fourth-order valence-corrected chi connectivity index (χ4v) is 2.23. The van der Waals surface area contributed by atoms with Crippen LogP contribution in [-0.2, 0) is 17.2 Å². The fourth-order valence-electron chi connectivity index (χ4n) is 1.76. The summed E-state index contributed by atoms with van der Waals surface area (Å²) in [5, 5.41) is 0.0238. The van der Waals surface area contributed by atoms with E-state index in [1.54, 1.807) is 0 Å². The molecule has 0 amide bonds. The summed E-state index contributed by atoms with van der Waals surface area (Å²) in [6.45, 7) is 0. The van der Waals surface area contributed by atoms with Gasteiger partial charge in [-0.3, -0.25) is 4.79 Å². The molecule has 10 heteroatoms. The lowest BCUT2D eigenvalue weighted by molar-refractivity contribution is -0.0499. The Kier molecular flexibility index (Phi) is 3.81. The van der Waals surface area contributed by atoms with E-state index in [2.05, 4.69) is 4.18 Å². The van der Waals surface area contributed by atoms with Crippen molar-refractivity contribution in [2.24, 2.45) is 7.05 Å². The number of ether oxygens (including phenoxy) is 1. The topological polar surface area (TPSA) is 74.6 Å². The van der Waals surface area contributed by atoms with Gasteiger partial charge in [0.25, 0.3) is 5.56 Å². The molecule has 6 nitrogen and oxygen atoms in total. The van der Waals surface area contributed by atoms with E-state index in [1.165, 1.54) is 32.4 Å². The van der Waals surface area contributed by atoms with Crippen LogP contribution in [0.25, 0.3) is 10.9 Å². The van der Waals surface area contributed by atoms with Crippen molar-refractivity contribution in [2.75, 3.05) is 7.11 Å². The number of aryl methyl sites for hydroxylation is 1. The Hall–Kier alpha value is -2.23. The number of rotatable bonds is 3. The first-order valence-corrected chi connectivity index (χ1v) is 7.16. The van der Waals surface area contributed by atoms with Gasteiger partial charge in [-0.05, 0) is 12.1 Å². The lowest BCUT2D eigenvalue weighted by Gasteiger charge is -2.13. The molecule has 0 atom stereocenters. The number of benzene rings is 1. The highest BCUT2D eigenvalue weighted by molar-refractivity contribution is 7.88. The Balaban J connectivity index is 2.71. The van der Waals surface area contributed by atoms with Gasteiger partial charge in [-0.2, -0.15) is 21.6 Å². The minimum absolute atomic E-state index is 0.0238. The summed E-state index contributed by atoms with van der Waals surface area (Å²) in [5.74, 6) is -0.351. The Labute approximate surface area is 122 Å². The smallest absolute Gasteiger partial charge is 0.497 e. The van der Waals surface area contributed by atoms with Crippen LogP contribution in [-0.4, -0.2) is 25.6 Å². The van der Waals surface area contributed by atoms with Crippen LogP contribution in [0.4, 0.5) is 13.2 Å². The van der Waals surface area contributed by atoms with Gasteiger partial charge in [-0.1, -0.05) is 0 Å². The average Bonchev–Trinajstić information content (AvgIpc) is 2.42. The zero-order chi connectivity index (χ0) is 16.7. The van der Waals surface area contributed by atoms with Gasteiger partial charge in [0.1, 0.15) is 5.75 Å². The number of halogens is 3. The third-order valence-corrected chi connectivity index (χ3v) is 3.87. The van der Waals surface area contributed by atoms with Gasteiger partial charge >= 0.3 is 15.6 Å². The second-order valence-electron chi connectivity index (χ2n) is 4.27. The van der Waals surface area contributed by atoms with Crippen molar-refractivity contribution in [3.05, 3.63) is 34.6 Å². The molecule has 120 valence electrons. The SMILES string of the molecule is COc1ccc2c(OS(=O)(=O)C(F)(F)F)cc(=O)n(C)c2c1. The summed E-state index contributed by atoms with van der Waals surface area (Å²) in [5.41, 5.74) is -6.15. The lowest BCUT2D eigenvalue weighted by atomic mass is 10.2. The van der Waals surface area contributed by atoms with Crippen LogP contribution in [0.3, 0.4) is 0 Å². The van der Waals surface area contributed by atoms with Crippen LogP contribution < -0.4 is 14.5 Å². The standard InChI is InChI=1S/C12H10F3NO5S/c1-16-9-5-7(20-2)3-4-8(9)10(6-11(16)17)21-22(18,19)12(13,14)15/h3-6H,1-2H3. The molecule has 0 aliphatic heterocycles. The maximum Gasteiger partial charge on any atom is 0.534 e. The summed E-state index contributed by atoms with van der Waals surface area (Å²) in [4.78, 5) is 11.8. The number of hydrogen-bond acceptors (Lipinski definition) is 5. The molecule has 0 bridgehead atoms. The predicted octanol–water partition coefficient (Wildman–Crippen LogP) is 1.78. The maximum absolute atomic E-state index is 12.4. The highest BCUT2D eigenvalue weighted by atomic mass is 32.2. The first-order chi connectivity index (χ1) is 10.1. The minimum atomic E-state index is -5.87. The Morgan fingerprint density at radius 1 is 1.18 bits per heavy atom. The van der Waals surface area contributed by atoms with Crippen molar-refractivity contribution in [3.63, 3.8) is 0 Å². The largest absolute Gasteiger partial charge is 0.534 e. The number of aromatic nitrogens is 1. The van der Waals surface area contributed by atoms with Gasteiger partial charge < -0.3 is 13.5 Å². The van der Waals surface area contributed by atoms with Crippen molar-refractivity contribution in [3.8, 4) is 11.5 Å². The molecule has 0 radical (unpaired) electrons. The third kappa shape index (κ3) is 2.73. The molecule has 0 unspecified atom stereocenters. The summed E-state index contributed by atoms with van der Waals surface area (Å²) in [7, 11) is -3.12. The first-order valence-electron chi connectivity index (χ1n) is 5.75. The second kappa shape index (κ2) is 5.20. The Morgan fingerprint density at radius 3 is 2.36 bits per heavy atom. The van der Waals surface area contributed by atoms with Gasteiger partial charge in [0.05, 0.1) is 12.6 Å². The molecule has 22 heavy (non-hydrogen) atoms. The van der Waals surface area contributed by atoms with Gasteiger partial charge in [0.15, 0.2) is 5.75 Å². The Bertz CT molecular complexity index is 886. The van der Waals surface area contributed by atoms with E-state index in [-0.39, 0.29) is 10.9 Å². The van der Waals surface area contributed by atoms with Crippen LogP contribution in [0, 0.1) is 0 Å². The van der Waals surface area contributed by atoms with Gasteiger partial charge in [0.2, 0.25) is 0 Å². The van der Waals surface area contributed by atoms with E-state index in [9.17, 15) is 26.4 Å². The lowest BCUT2D eigenvalue weighted by Crippen LogP contribution is -2.29. The van der Waals surface area contributed by atoms with Gasteiger partial charge in [-0.25, -0.2) is 0 Å². The monoisotopic (exact) mass is 337 g/mol. The molecule has 0 fully saturated rings. The third-order valence-electron chi connectivity index (χ3n) is 2.90. The molecule has 1 aromatic carbocycles. The van der Waals surface area contributed by atoms with E-state index in [4.69, 9.17) is 4.74 Å². The predicted molar refractivity (Wildman–Crippen MR) is 71.3 cm³/mol. The van der Waals surface area contributed by atoms with Crippen molar-refractivity contribution >= 4 is 21.0 Å². The number of fused-ring (bicyclic) bond motifs is 1. The fraction of sp³-hybridized carbons (Fsp3) is 0.250. The second-order valence-corrected chi connectivity index (χ2v) is 5.81. The van der Waals surface area contributed by atoms with Crippen molar-refractivity contribution in [1.29, 1.82) is 0 Å². The summed E-state index contributed by atoms with van der Waals surface area (Å²) >= 11 is 0. The van der Waals surface area contributed by atoms with E-state index in [0.29, 0.717) is 11.8 Å². The van der Waals surface area contributed by atoms with E-state index >= 15 is 0 Å². The molecular weight excluding hydrogens is 327 g/mol. The van der Waals surface area contributed by atoms with Crippen LogP contribution in [0.2, 0.25) is 0 Å². The van der Waals surface area contributed by atoms with Crippen molar-refractivity contribution in [1.82, 2.24) is 4.57 Å². The molecule has 0 saturated carbocycles. The molecule has 0 N–H and O–H groups in total. The summed E-state index contributed by atoms with van der Waals surface area (Å²) < 4.78 is 69.6. The van der Waals surface area contributed by atoms with Crippen LogP contribution in [0.5, 0.6) is 11.5 Å². The molecule has 0 spiro atoms. The molecule has 2 aromatic rings. The number of nitrogens with zero attached hydrogens (tertiary/aromatic N) is 1. The quantitative estimate of drug-likeness (QED) is 0.630. The molecule has 2 rings (SSSR count).